The van der Waals surface area contributed by atoms with Crippen LogP contribution in [0.5, 0.6) is 11.5 Å². The number of nitrogens with one attached hydrogen (secondary N) is 1. The Morgan fingerprint density at radius 2 is 2.05 bits per heavy atom. The Hall–Kier alpha value is -3.02. The highest BCUT2D eigenvalue weighted by atomic mass is 16.5. The fourth-order valence-corrected chi connectivity index (χ4v) is 1.77. The monoisotopic (exact) mass is 299 g/mol. The Balaban J connectivity index is 2.05. The summed E-state index contributed by atoms with van der Waals surface area (Å²) >= 11 is 0. The Labute approximate surface area is 128 Å². The van der Waals surface area contributed by atoms with Gasteiger partial charge in [0.1, 0.15) is 0 Å². The van der Waals surface area contributed by atoms with Crippen LogP contribution in [0.15, 0.2) is 47.6 Å². The number of phenolic OH excluding ortho intramolecular Hbond substituents is 1. The Kier molecular flexibility index (Phi) is 4.98. The molecule has 2 rings (SSSR count). The van der Waals surface area contributed by atoms with Gasteiger partial charge in [-0.15, -0.1) is 0 Å². The molecule has 0 heterocycles. The molecule has 0 saturated carbocycles. The molecule has 2 aromatic carbocycles. The number of amides is 1. The minimum absolute atomic E-state index is 0.0187. The SMILES string of the molecule is CCOc1cccc(C=NNC(=O)c2ccc(N)cc2)c1O. The van der Waals surface area contributed by atoms with E-state index in [1.54, 1.807) is 42.5 Å². The summed E-state index contributed by atoms with van der Waals surface area (Å²) in [5.74, 6) is -0.0113. The molecule has 0 fully saturated rings. The van der Waals surface area contributed by atoms with E-state index in [1.165, 1.54) is 6.21 Å². The van der Waals surface area contributed by atoms with Crippen LogP contribution in [0, 0.1) is 0 Å². The Bertz CT molecular complexity index is 682. The summed E-state index contributed by atoms with van der Waals surface area (Å²) in [5.41, 5.74) is 9.41. The molecule has 0 saturated heterocycles. The molecule has 0 aromatic heterocycles. The first-order chi connectivity index (χ1) is 10.6. The summed E-state index contributed by atoms with van der Waals surface area (Å²) < 4.78 is 5.27. The van der Waals surface area contributed by atoms with Crippen LogP contribution in [0.1, 0.15) is 22.8 Å². The van der Waals surface area contributed by atoms with Gasteiger partial charge in [0.05, 0.1) is 12.8 Å². The average molecular weight is 299 g/mol. The van der Waals surface area contributed by atoms with Crippen molar-refractivity contribution in [2.24, 2.45) is 5.10 Å². The lowest BCUT2D eigenvalue weighted by Crippen LogP contribution is -2.17. The molecule has 1 amide bonds. The van der Waals surface area contributed by atoms with Crippen LogP contribution in [0.3, 0.4) is 0 Å². The number of nitrogens with two attached hydrogens (primary N) is 1. The van der Waals surface area contributed by atoms with Crippen LogP contribution >= 0.6 is 0 Å². The van der Waals surface area contributed by atoms with Crippen molar-refractivity contribution in [1.82, 2.24) is 5.43 Å². The quantitative estimate of drug-likeness (QED) is 0.447. The van der Waals surface area contributed by atoms with E-state index in [1.807, 2.05) is 6.92 Å². The second-order valence-electron chi connectivity index (χ2n) is 4.45. The molecule has 114 valence electrons. The van der Waals surface area contributed by atoms with Gasteiger partial charge in [-0.25, -0.2) is 5.43 Å². The van der Waals surface area contributed by atoms with Gasteiger partial charge in [0.25, 0.3) is 5.91 Å². The van der Waals surface area contributed by atoms with Gasteiger partial charge in [-0.05, 0) is 43.3 Å². The van der Waals surface area contributed by atoms with Crippen LogP contribution < -0.4 is 15.9 Å². The zero-order valence-corrected chi connectivity index (χ0v) is 12.1. The van der Waals surface area contributed by atoms with Crippen LogP contribution in [0.2, 0.25) is 0 Å². The maximum atomic E-state index is 11.8. The van der Waals surface area contributed by atoms with Crippen molar-refractivity contribution in [2.75, 3.05) is 12.3 Å². The van der Waals surface area contributed by atoms with Gasteiger partial charge in [0.15, 0.2) is 11.5 Å². The van der Waals surface area contributed by atoms with E-state index in [4.69, 9.17) is 10.5 Å². The fourth-order valence-electron chi connectivity index (χ4n) is 1.77. The van der Waals surface area contributed by atoms with E-state index >= 15 is 0 Å². The van der Waals surface area contributed by atoms with Gasteiger partial charge in [-0.1, -0.05) is 6.07 Å². The van der Waals surface area contributed by atoms with E-state index < -0.39 is 0 Å². The molecule has 4 N–H and O–H groups in total. The molecule has 6 nitrogen and oxygen atoms in total. The standard InChI is InChI=1S/C16H17N3O3/c1-2-22-14-5-3-4-12(15(14)20)10-18-19-16(21)11-6-8-13(17)9-7-11/h3-10,20H,2,17H2,1H3,(H,19,21). The van der Waals surface area contributed by atoms with Crippen molar-refractivity contribution in [3.8, 4) is 11.5 Å². The molecule has 2 aromatic rings. The molecule has 0 bridgehead atoms. The highest BCUT2D eigenvalue weighted by molar-refractivity contribution is 5.95. The number of para-hydroxylation sites is 1. The van der Waals surface area contributed by atoms with Crippen molar-refractivity contribution in [1.29, 1.82) is 0 Å². The molecule has 6 heteroatoms. The largest absolute Gasteiger partial charge is 0.504 e. The third-order valence-corrected chi connectivity index (χ3v) is 2.87. The number of hydrazone groups is 1. The van der Waals surface area contributed by atoms with Crippen LogP contribution in [0.4, 0.5) is 5.69 Å². The van der Waals surface area contributed by atoms with Gasteiger partial charge >= 0.3 is 0 Å². The third-order valence-electron chi connectivity index (χ3n) is 2.87. The van der Waals surface area contributed by atoms with Crippen LogP contribution in [-0.2, 0) is 0 Å². The number of rotatable bonds is 5. The third kappa shape index (κ3) is 3.76. The first kappa shape index (κ1) is 15.4. The normalized spacial score (nSPS) is 10.6. The highest BCUT2D eigenvalue weighted by Crippen LogP contribution is 2.28. The molecule has 0 aliphatic carbocycles. The topological polar surface area (TPSA) is 96.9 Å². The minimum atomic E-state index is -0.364. The highest BCUT2D eigenvalue weighted by Gasteiger charge is 2.06. The number of phenols is 1. The summed E-state index contributed by atoms with van der Waals surface area (Å²) in [6.07, 6.45) is 1.35. The van der Waals surface area contributed by atoms with Gasteiger partial charge in [0, 0.05) is 16.8 Å². The lowest BCUT2D eigenvalue weighted by Gasteiger charge is -2.07. The first-order valence-electron chi connectivity index (χ1n) is 6.75. The molecule has 0 aliphatic rings. The van der Waals surface area contributed by atoms with Crippen molar-refractivity contribution >= 4 is 17.8 Å². The van der Waals surface area contributed by atoms with E-state index in [9.17, 15) is 9.90 Å². The molecule has 0 spiro atoms. The predicted molar refractivity (Wildman–Crippen MR) is 85.2 cm³/mol. The number of benzene rings is 2. The summed E-state index contributed by atoms with van der Waals surface area (Å²) in [6, 6.07) is 11.5. The Morgan fingerprint density at radius 1 is 1.32 bits per heavy atom. The molecule has 0 radical (unpaired) electrons. The number of aromatic hydroxyl groups is 1. The zero-order valence-electron chi connectivity index (χ0n) is 12.1. The smallest absolute Gasteiger partial charge is 0.271 e. The van der Waals surface area contributed by atoms with Crippen molar-refractivity contribution in [3.05, 3.63) is 53.6 Å². The summed E-state index contributed by atoms with van der Waals surface area (Å²) in [7, 11) is 0. The van der Waals surface area contributed by atoms with E-state index in [0.29, 0.717) is 29.2 Å². The number of anilines is 1. The van der Waals surface area contributed by atoms with E-state index in [-0.39, 0.29) is 11.7 Å². The molecule has 0 atom stereocenters. The van der Waals surface area contributed by atoms with Gasteiger partial charge in [-0.2, -0.15) is 5.10 Å². The average Bonchev–Trinajstić information content (AvgIpc) is 2.51. The molecule has 0 unspecified atom stereocenters. The van der Waals surface area contributed by atoms with Gasteiger partial charge in [0.2, 0.25) is 0 Å². The summed E-state index contributed by atoms with van der Waals surface area (Å²) in [6.45, 7) is 2.27. The number of hydrogen-bond acceptors (Lipinski definition) is 5. The van der Waals surface area contributed by atoms with E-state index in [0.717, 1.165) is 0 Å². The number of hydrogen-bond donors (Lipinski definition) is 3. The maximum Gasteiger partial charge on any atom is 0.271 e. The number of nitrogen functional groups attached to an aromatic ring is 1. The molecular formula is C16H17N3O3. The lowest BCUT2D eigenvalue weighted by molar-refractivity contribution is 0.0955. The summed E-state index contributed by atoms with van der Waals surface area (Å²) in [5, 5.41) is 13.8. The van der Waals surface area contributed by atoms with Gasteiger partial charge < -0.3 is 15.6 Å². The predicted octanol–water partition coefficient (Wildman–Crippen LogP) is 2.14. The molecule has 22 heavy (non-hydrogen) atoms. The lowest BCUT2D eigenvalue weighted by atomic mass is 10.2. The number of ether oxygens (including phenoxy) is 1. The second kappa shape index (κ2) is 7.12. The molecule has 0 aliphatic heterocycles. The fraction of sp³-hybridized carbons (Fsp3) is 0.125. The van der Waals surface area contributed by atoms with Gasteiger partial charge in [-0.3, -0.25) is 4.79 Å². The Morgan fingerprint density at radius 3 is 2.73 bits per heavy atom. The van der Waals surface area contributed by atoms with E-state index in [2.05, 4.69) is 10.5 Å². The first-order valence-corrected chi connectivity index (χ1v) is 6.75. The second-order valence-corrected chi connectivity index (χ2v) is 4.45. The molecular weight excluding hydrogens is 282 g/mol. The number of nitrogens with zero attached hydrogens (tertiary/aromatic N) is 1. The van der Waals surface area contributed by atoms with Crippen LogP contribution in [-0.4, -0.2) is 23.8 Å². The maximum absolute atomic E-state index is 11.8. The van der Waals surface area contributed by atoms with Crippen molar-refractivity contribution in [3.63, 3.8) is 0 Å². The minimum Gasteiger partial charge on any atom is -0.504 e. The number of carbonyl (C=O) groups is 1. The van der Waals surface area contributed by atoms with Crippen molar-refractivity contribution < 1.29 is 14.6 Å². The number of carbonyl (C=O) groups excluding carboxylic acids is 1. The van der Waals surface area contributed by atoms with Crippen LogP contribution in [0.25, 0.3) is 0 Å². The summed E-state index contributed by atoms with van der Waals surface area (Å²) in [4.78, 5) is 11.8. The zero-order chi connectivity index (χ0) is 15.9. The van der Waals surface area contributed by atoms with Crippen molar-refractivity contribution in [2.45, 2.75) is 6.92 Å².